The van der Waals surface area contributed by atoms with Crippen molar-refractivity contribution in [2.75, 3.05) is 26.3 Å². The normalized spacial score (nSPS) is 14.4. The molecule has 0 bridgehead atoms. The number of fused-ring (bicyclic) bond motifs is 1. The first-order chi connectivity index (χ1) is 10.2. The van der Waals surface area contributed by atoms with Gasteiger partial charge in [-0.25, -0.2) is 4.79 Å². The summed E-state index contributed by atoms with van der Waals surface area (Å²) in [6.45, 7) is 6.76. The van der Waals surface area contributed by atoms with Crippen LogP contribution in [0.4, 0.5) is 4.79 Å². The summed E-state index contributed by atoms with van der Waals surface area (Å²) in [6, 6.07) is 5.97. The van der Waals surface area contributed by atoms with Gasteiger partial charge in [-0.2, -0.15) is 0 Å². The van der Waals surface area contributed by atoms with Gasteiger partial charge in [-0.1, -0.05) is 19.9 Å². The van der Waals surface area contributed by atoms with Crippen molar-refractivity contribution < 1.29 is 14.3 Å². The van der Waals surface area contributed by atoms with Crippen molar-refractivity contribution in [3.05, 3.63) is 23.8 Å². The van der Waals surface area contributed by atoms with Crippen LogP contribution in [0.25, 0.3) is 0 Å². The standard InChI is InChI=1S/C16H24N2O3/c1-3-7-17-16(19)18-8-6-12(2)13-4-5-14-15(11-13)21-10-9-20-14/h4-5,11-12H,3,6-10H2,1-2H3,(H2,17,18,19). The minimum absolute atomic E-state index is 0.0915. The summed E-state index contributed by atoms with van der Waals surface area (Å²) in [7, 11) is 0. The molecule has 2 amide bonds. The van der Waals surface area contributed by atoms with Crippen LogP contribution in [0.15, 0.2) is 18.2 Å². The minimum atomic E-state index is -0.0915. The highest BCUT2D eigenvalue weighted by Crippen LogP contribution is 2.33. The Bertz CT molecular complexity index is 477. The molecule has 5 nitrogen and oxygen atoms in total. The molecule has 2 N–H and O–H groups in total. The van der Waals surface area contributed by atoms with Crippen molar-refractivity contribution in [2.24, 2.45) is 0 Å². The third-order valence-electron chi connectivity index (χ3n) is 3.53. The number of benzene rings is 1. The predicted octanol–water partition coefficient (Wildman–Crippen LogP) is 2.66. The SMILES string of the molecule is CCCNC(=O)NCCC(C)c1ccc2c(c1)OCCO2. The number of carbonyl (C=O) groups is 1. The van der Waals surface area contributed by atoms with E-state index in [0.717, 1.165) is 24.3 Å². The first-order valence-electron chi connectivity index (χ1n) is 7.62. The van der Waals surface area contributed by atoms with E-state index in [4.69, 9.17) is 9.47 Å². The number of urea groups is 1. The van der Waals surface area contributed by atoms with Crippen molar-refractivity contribution in [1.82, 2.24) is 10.6 Å². The second kappa shape index (κ2) is 7.76. The average molecular weight is 292 g/mol. The van der Waals surface area contributed by atoms with Gasteiger partial charge in [0.2, 0.25) is 0 Å². The molecule has 0 saturated heterocycles. The van der Waals surface area contributed by atoms with Crippen molar-refractivity contribution in [1.29, 1.82) is 0 Å². The summed E-state index contributed by atoms with van der Waals surface area (Å²) in [5.41, 5.74) is 1.20. The van der Waals surface area contributed by atoms with Gasteiger partial charge < -0.3 is 20.1 Å². The van der Waals surface area contributed by atoms with Crippen LogP contribution in [0, 0.1) is 0 Å². The Balaban J connectivity index is 1.80. The van der Waals surface area contributed by atoms with E-state index in [9.17, 15) is 4.79 Å². The third kappa shape index (κ3) is 4.55. The van der Waals surface area contributed by atoms with Gasteiger partial charge in [-0.15, -0.1) is 0 Å². The monoisotopic (exact) mass is 292 g/mol. The van der Waals surface area contributed by atoms with Gasteiger partial charge in [0.1, 0.15) is 13.2 Å². The summed E-state index contributed by atoms with van der Waals surface area (Å²) in [6.07, 6.45) is 1.83. The zero-order valence-electron chi connectivity index (χ0n) is 12.8. The second-order valence-electron chi connectivity index (χ2n) is 5.28. The average Bonchev–Trinajstić information content (AvgIpc) is 2.52. The fourth-order valence-corrected chi connectivity index (χ4v) is 2.24. The summed E-state index contributed by atoms with van der Waals surface area (Å²) < 4.78 is 11.1. The summed E-state index contributed by atoms with van der Waals surface area (Å²) >= 11 is 0. The van der Waals surface area contributed by atoms with E-state index in [0.29, 0.717) is 32.2 Å². The smallest absolute Gasteiger partial charge is 0.314 e. The largest absolute Gasteiger partial charge is 0.486 e. The molecule has 1 heterocycles. The van der Waals surface area contributed by atoms with Gasteiger partial charge in [-0.05, 0) is 36.5 Å². The molecule has 2 rings (SSSR count). The molecule has 1 unspecified atom stereocenters. The molecular formula is C16H24N2O3. The van der Waals surface area contributed by atoms with Crippen LogP contribution < -0.4 is 20.1 Å². The van der Waals surface area contributed by atoms with Crippen LogP contribution in [0.2, 0.25) is 0 Å². The molecule has 1 aromatic rings. The molecule has 1 atom stereocenters. The van der Waals surface area contributed by atoms with Crippen LogP contribution in [-0.2, 0) is 0 Å². The fourth-order valence-electron chi connectivity index (χ4n) is 2.24. The van der Waals surface area contributed by atoms with Crippen LogP contribution >= 0.6 is 0 Å². The second-order valence-corrected chi connectivity index (χ2v) is 5.28. The number of nitrogens with one attached hydrogen (secondary N) is 2. The van der Waals surface area contributed by atoms with E-state index >= 15 is 0 Å². The molecule has 0 saturated carbocycles. The van der Waals surface area contributed by atoms with E-state index in [-0.39, 0.29) is 6.03 Å². The molecule has 5 heteroatoms. The highest BCUT2D eigenvalue weighted by Gasteiger charge is 2.14. The van der Waals surface area contributed by atoms with E-state index in [1.165, 1.54) is 5.56 Å². The van der Waals surface area contributed by atoms with Crippen LogP contribution in [0.1, 0.15) is 38.2 Å². The van der Waals surface area contributed by atoms with Crippen molar-refractivity contribution in [3.8, 4) is 11.5 Å². The van der Waals surface area contributed by atoms with Gasteiger partial charge in [0.05, 0.1) is 0 Å². The van der Waals surface area contributed by atoms with Gasteiger partial charge in [0.25, 0.3) is 0 Å². The van der Waals surface area contributed by atoms with Crippen molar-refractivity contribution >= 4 is 6.03 Å². The van der Waals surface area contributed by atoms with Crippen molar-refractivity contribution in [2.45, 2.75) is 32.6 Å². The lowest BCUT2D eigenvalue weighted by atomic mass is 9.97. The molecule has 1 aliphatic rings. The molecule has 116 valence electrons. The van der Waals surface area contributed by atoms with Crippen LogP contribution in [0.5, 0.6) is 11.5 Å². The lowest BCUT2D eigenvalue weighted by molar-refractivity contribution is 0.171. The molecule has 1 aromatic carbocycles. The molecule has 0 radical (unpaired) electrons. The van der Waals surface area contributed by atoms with Crippen molar-refractivity contribution in [3.63, 3.8) is 0 Å². The summed E-state index contributed by atoms with van der Waals surface area (Å²) in [5, 5.41) is 5.67. The number of amides is 2. The molecule has 0 fully saturated rings. The Morgan fingerprint density at radius 3 is 2.67 bits per heavy atom. The molecule has 0 spiro atoms. The molecular weight excluding hydrogens is 268 g/mol. The molecule has 0 aromatic heterocycles. The Labute approximate surface area is 126 Å². The molecule has 1 aliphatic heterocycles. The van der Waals surface area contributed by atoms with Gasteiger partial charge >= 0.3 is 6.03 Å². The van der Waals surface area contributed by atoms with Crippen LogP contribution in [0.3, 0.4) is 0 Å². The zero-order chi connectivity index (χ0) is 15.1. The fraction of sp³-hybridized carbons (Fsp3) is 0.562. The summed E-state index contributed by atoms with van der Waals surface area (Å²) in [5.74, 6) is 1.99. The number of hydrogen-bond donors (Lipinski definition) is 2. The quantitative estimate of drug-likeness (QED) is 0.847. The first kappa shape index (κ1) is 15.5. The van der Waals surface area contributed by atoms with Gasteiger partial charge in [0.15, 0.2) is 11.5 Å². The zero-order valence-corrected chi connectivity index (χ0v) is 12.8. The van der Waals surface area contributed by atoms with E-state index in [1.807, 2.05) is 19.1 Å². The van der Waals surface area contributed by atoms with E-state index in [2.05, 4.69) is 23.6 Å². The minimum Gasteiger partial charge on any atom is -0.486 e. The van der Waals surface area contributed by atoms with Gasteiger partial charge in [0, 0.05) is 13.1 Å². The first-order valence-corrected chi connectivity index (χ1v) is 7.62. The lowest BCUT2D eigenvalue weighted by Crippen LogP contribution is -2.36. The Morgan fingerprint density at radius 1 is 1.19 bits per heavy atom. The Kier molecular flexibility index (Phi) is 5.72. The number of hydrogen-bond acceptors (Lipinski definition) is 3. The molecule has 0 aliphatic carbocycles. The highest BCUT2D eigenvalue weighted by molar-refractivity contribution is 5.73. The number of rotatable bonds is 6. The van der Waals surface area contributed by atoms with E-state index < -0.39 is 0 Å². The van der Waals surface area contributed by atoms with Gasteiger partial charge in [-0.3, -0.25) is 0 Å². The maximum Gasteiger partial charge on any atom is 0.314 e. The topological polar surface area (TPSA) is 59.6 Å². The lowest BCUT2D eigenvalue weighted by Gasteiger charge is -2.20. The maximum absolute atomic E-state index is 11.5. The predicted molar refractivity (Wildman–Crippen MR) is 82.2 cm³/mol. The number of carbonyl (C=O) groups excluding carboxylic acids is 1. The maximum atomic E-state index is 11.5. The Morgan fingerprint density at radius 2 is 1.90 bits per heavy atom. The third-order valence-corrected chi connectivity index (χ3v) is 3.53. The van der Waals surface area contributed by atoms with E-state index in [1.54, 1.807) is 0 Å². The number of ether oxygens (including phenoxy) is 2. The highest BCUT2D eigenvalue weighted by atomic mass is 16.6. The Hall–Kier alpha value is -1.91. The van der Waals surface area contributed by atoms with Crippen LogP contribution in [-0.4, -0.2) is 32.3 Å². The summed E-state index contributed by atoms with van der Waals surface area (Å²) in [4.78, 5) is 11.5. The molecule has 21 heavy (non-hydrogen) atoms.